The summed E-state index contributed by atoms with van der Waals surface area (Å²) in [6.07, 6.45) is 3.28. The van der Waals surface area contributed by atoms with Crippen LogP contribution >= 0.6 is 0 Å². The van der Waals surface area contributed by atoms with E-state index in [1.807, 2.05) is 4.90 Å². The zero-order valence-electron chi connectivity index (χ0n) is 10.9. The third-order valence-corrected chi connectivity index (χ3v) is 3.36. The van der Waals surface area contributed by atoms with E-state index in [0.29, 0.717) is 19.2 Å². The molecule has 1 fully saturated rings. The molecule has 100 valence electrons. The topological polar surface area (TPSA) is 53.0 Å². The quantitative estimate of drug-likeness (QED) is 0.737. The van der Waals surface area contributed by atoms with E-state index in [2.05, 4.69) is 11.9 Å². The van der Waals surface area contributed by atoms with Gasteiger partial charge in [0, 0.05) is 19.7 Å². The van der Waals surface area contributed by atoms with Crippen LogP contribution in [0.3, 0.4) is 0 Å². The Morgan fingerprint density at radius 2 is 2.24 bits per heavy atom. The molecule has 0 saturated carbocycles. The van der Waals surface area contributed by atoms with Gasteiger partial charge in [0.15, 0.2) is 0 Å². The molecule has 1 saturated heterocycles. The van der Waals surface area contributed by atoms with E-state index in [1.165, 1.54) is 0 Å². The van der Waals surface area contributed by atoms with Crippen molar-refractivity contribution < 1.29 is 14.6 Å². The minimum Gasteiger partial charge on any atom is -0.480 e. The van der Waals surface area contributed by atoms with Crippen molar-refractivity contribution in [1.29, 1.82) is 0 Å². The Bertz CT molecular complexity index is 236. The predicted molar refractivity (Wildman–Crippen MR) is 66.2 cm³/mol. The molecule has 0 aliphatic carbocycles. The van der Waals surface area contributed by atoms with Gasteiger partial charge in [0.1, 0.15) is 0 Å². The average Bonchev–Trinajstić information content (AvgIpc) is 2.49. The largest absolute Gasteiger partial charge is 0.480 e. The van der Waals surface area contributed by atoms with E-state index in [4.69, 9.17) is 9.84 Å². The van der Waals surface area contributed by atoms with Gasteiger partial charge in [0.05, 0.1) is 13.2 Å². The first kappa shape index (κ1) is 14.4. The molecule has 0 radical (unpaired) electrons. The summed E-state index contributed by atoms with van der Waals surface area (Å²) in [5, 5.41) is 8.94. The van der Waals surface area contributed by atoms with Crippen LogP contribution in [0.4, 0.5) is 0 Å². The minimum absolute atomic E-state index is 0.123. The van der Waals surface area contributed by atoms with Crippen molar-refractivity contribution in [2.75, 3.05) is 46.9 Å². The van der Waals surface area contributed by atoms with Crippen molar-refractivity contribution in [2.45, 2.75) is 25.3 Å². The first-order valence-corrected chi connectivity index (χ1v) is 6.27. The van der Waals surface area contributed by atoms with Gasteiger partial charge in [-0.2, -0.15) is 0 Å². The number of rotatable bonds is 6. The normalized spacial score (nSPS) is 22.6. The molecule has 0 spiro atoms. The van der Waals surface area contributed by atoms with Crippen LogP contribution in [0.1, 0.15) is 19.3 Å². The number of carboxylic acid groups (broad SMARTS) is 1. The monoisotopic (exact) mass is 244 g/mol. The Hall–Kier alpha value is -0.650. The number of carbonyl (C=O) groups is 1. The van der Waals surface area contributed by atoms with E-state index in [-0.39, 0.29) is 6.54 Å². The maximum absolute atomic E-state index is 10.9. The Morgan fingerprint density at radius 1 is 1.47 bits per heavy atom. The molecule has 1 atom stereocenters. The zero-order valence-corrected chi connectivity index (χ0v) is 10.9. The van der Waals surface area contributed by atoms with E-state index >= 15 is 0 Å². The maximum Gasteiger partial charge on any atom is 0.317 e. The third kappa shape index (κ3) is 5.48. The van der Waals surface area contributed by atoms with Crippen molar-refractivity contribution in [3.8, 4) is 0 Å². The summed E-state index contributed by atoms with van der Waals surface area (Å²) in [4.78, 5) is 15.2. The van der Waals surface area contributed by atoms with Gasteiger partial charge in [-0.3, -0.25) is 9.69 Å². The molecule has 5 nitrogen and oxygen atoms in total. The van der Waals surface area contributed by atoms with Gasteiger partial charge < -0.3 is 14.7 Å². The van der Waals surface area contributed by atoms with Crippen molar-refractivity contribution in [3.05, 3.63) is 0 Å². The van der Waals surface area contributed by atoms with Crippen molar-refractivity contribution in [3.63, 3.8) is 0 Å². The number of likely N-dealkylation sites (tertiary alicyclic amines) is 1. The molecule has 0 aromatic carbocycles. The van der Waals surface area contributed by atoms with Crippen LogP contribution in [0.15, 0.2) is 0 Å². The lowest BCUT2D eigenvalue weighted by Crippen LogP contribution is -2.41. The molecule has 1 heterocycles. The third-order valence-electron chi connectivity index (χ3n) is 3.36. The molecule has 0 aromatic rings. The van der Waals surface area contributed by atoms with Crippen molar-refractivity contribution >= 4 is 5.97 Å². The fourth-order valence-electron chi connectivity index (χ4n) is 2.36. The lowest BCUT2D eigenvalue weighted by Gasteiger charge is -2.29. The van der Waals surface area contributed by atoms with E-state index in [9.17, 15) is 4.79 Å². The molecular weight excluding hydrogens is 220 g/mol. The number of ether oxygens (including phenoxy) is 1. The van der Waals surface area contributed by atoms with Crippen LogP contribution in [0.2, 0.25) is 0 Å². The SMILES string of the molecule is COCCN(CC(=O)O)C1CCCN(C)CC1. The second-order valence-corrected chi connectivity index (χ2v) is 4.75. The number of carboxylic acids is 1. The zero-order chi connectivity index (χ0) is 12.7. The lowest BCUT2D eigenvalue weighted by molar-refractivity contribution is -0.139. The summed E-state index contributed by atoms with van der Waals surface area (Å²) < 4.78 is 5.05. The van der Waals surface area contributed by atoms with Gasteiger partial charge >= 0.3 is 5.97 Å². The van der Waals surface area contributed by atoms with Crippen molar-refractivity contribution in [2.24, 2.45) is 0 Å². The highest BCUT2D eigenvalue weighted by Crippen LogP contribution is 2.15. The molecule has 17 heavy (non-hydrogen) atoms. The summed E-state index contributed by atoms with van der Waals surface area (Å²) in [5.41, 5.74) is 0. The first-order valence-electron chi connectivity index (χ1n) is 6.27. The summed E-state index contributed by atoms with van der Waals surface area (Å²) in [5.74, 6) is -0.751. The fraction of sp³-hybridized carbons (Fsp3) is 0.917. The van der Waals surface area contributed by atoms with Crippen LogP contribution in [0.25, 0.3) is 0 Å². The predicted octanol–water partition coefficient (Wildman–Crippen LogP) is 0.504. The second kappa shape index (κ2) is 7.63. The number of aliphatic carboxylic acids is 1. The standard InChI is InChI=1S/C12H24N2O3/c1-13-6-3-4-11(5-7-13)14(8-9-17-2)10-12(15)16/h11H,3-10H2,1-2H3,(H,15,16). The van der Waals surface area contributed by atoms with Crippen molar-refractivity contribution in [1.82, 2.24) is 9.80 Å². The van der Waals surface area contributed by atoms with Crippen LogP contribution < -0.4 is 0 Å². The van der Waals surface area contributed by atoms with E-state index in [1.54, 1.807) is 7.11 Å². The van der Waals surface area contributed by atoms with Crippen LogP contribution in [0.5, 0.6) is 0 Å². The van der Waals surface area contributed by atoms with E-state index < -0.39 is 5.97 Å². The molecule has 1 N–H and O–H groups in total. The molecule has 0 amide bonds. The summed E-state index contributed by atoms with van der Waals surface area (Å²) in [6.45, 7) is 3.59. The molecular formula is C12H24N2O3. The lowest BCUT2D eigenvalue weighted by atomic mass is 10.1. The highest BCUT2D eigenvalue weighted by atomic mass is 16.5. The Labute approximate surface area is 103 Å². The minimum atomic E-state index is -0.751. The Balaban J connectivity index is 2.50. The number of methoxy groups -OCH3 is 1. The van der Waals surface area contributed by atoms with Crippen LogP contribution in [-0.4, -0.2) is 73.9 Å². The first-order chi connectivity index (χ1) is 8.13. The highest BCUT2D eigenvalue weighted by Gasteiger charge is 2.22. The second-order valence-electron chi connectivity index (χ2n) is 4.75. The molecule has 0 bridgehead atoms. The molecule has 1 rings (SSSR count). The number of hydrogen-bond acceptors (Lipinski definition) is 4. The Morgan fingerprint density at radius 3 is 2.88 bits per heavy atom. The molecule has 1 aliphatic rings. The fourth-order valence-corrected chi connectivity index (χ4v) is 2.36. The van der Waals surface area contributed by atoms with E-state index in [0.717, 1.165) is 32.4 Å². The molecule has 1 aliphatic heterocycles. The molecule has 5 heteroatoms. The number of hydrogen-bond donors (Lipinski definition) is 1. The number of nitrogens with zero attached hydrogens (tertiary/aromatic N) is 2. The summed E-state index contributed by atoms with van der Waals surface area (Å²) in [7, 11) is 3.78. The summed E-state index contributed by atoms with van der Waals surface area (Å²) in [6, 6.07) is 0.381. The van der Waals surface area contributed by atoms with Crippen LogP contribution in [0, 0.1) is 0 Å². The molecule has 0 aromatic heterocycles. The summed E-state index contributed by atoms with van der Waals surface area (Å²) >= 11 is 0. The Kier molecular flexibility index (Phi) is 6.47. The smallest absolute Gasteiger partial charge is 0.317 e. The van der Waals surface area contributed by atoms with Gasteiger partial charge in [-0.25, -0.2) is 0 Å². The maximum atomic E-state index is 10.9. The van der Waals surface area contributed by atoms with Gasteiger partial charge in [-0.15, -0.1) is 0 Å². The van der Waals surface area contributed by atoms with Gasteiger partial charge in [0.2, 0.25) is 0 Å². The average molecular weight is 244 g/mol. The molecule has 1 unspecified atom stereocenters. The highest BCUT2D eigenvalue weighted by molar-refractivity contribution is 5.69. The van der Waals surface area contributed by atoms with Crippen LogP contribution in [-0.2, 0) is 9.53 Å². The van der Waals surface area contributed by atoms with Gasteiger partial charge in [-0.1, -0.05) is 0 Å². The van der Waals surface area contributed by atoms with Gasteiger partial charge in [0.25, 0.3) is 0 Å². The van der Waals surface area contributed by atoms with Gasteiger partial charge in [-0.05, 0) is 39.4 Å².